The van der Waals surface area contributed by atoms with E-state index in [1.165, 1.54) is 37.3 Å². The molecule has 0 saturated heterocycles. The fourth-order valence-electron chi connectivity index (χ4n) is 3.02. The van der Waals surface area contributed by atoms with Crippen molar-refractivity contribution in [2.75, 3.05) is 6.54 Å². The zero-order chi connectivity index (χ0) is 19.2. The van der Waals surface area contributed by atoms with Crippen molar-refractivity contribution in [3.05, 3.63) is 59.4 Å². The van der Waals surface area contributed by atoms with Crippen LogP contribution in [0.25, 0.3) is 0 Å². The lowest BCUT2D eigenvalue weighted by atomic mass is 9.96. The van der Waals surface area contributed by atoms with Gasteiger partial charge in [0.25, 0.3) is 0 Å². The smallest absolute Gasteiger partial charge is 0.244 e. The molecule has 140 valence electrons. The van der Waals surface area contributed by atoms with Gasteiger partial charge in [-0.1, -0.05) is 24.3 Å². The molecule has 2 aromatic rings. The van der Waals surface area contributed by atoms with Gasteiger partial charge in [0.1, 0.15) is 27.7 Å². The third-order valence-corrected chi connectivity index (χ3v) is 5.84. The van der Waals surface area contributed by atoms with Crippen LogP contribution in [0.2, 0.25) is 0 Å². The fraction of sp³-hybridized carbons (Fsp3) is 0.368. The van der Waals surface area contributed by atoms with Crippen LogP contribution in [0.1, 0.15) is 31.9 Å². The first kappa shape index (κ1) is 18.8. The summed E-state index contributed by atoms with van der Waals surface area (Å²) in [5.41, 5.74) is -0.702. The molecule has 5 nitrogen and oxygen atoms in total. The molecule has 1 atom stereocenters. The first-order chi connectivity index (χ1) is 12.0. The van der Waals surface area contributed by atoms with Gasteiger partial charge in [-0.25, -0.2) is 17.5 Å². The Labute approximate surface area is 152 Å². The lowest BCUT2D eigenvalue weighted by Crippen LogP contribution is -2.38. The van der Waals surface area contributed by atoms with E-state index < -0.39 is 27.0 Å². The second-order valence-corrected chi connectivity index (χ2v) is 9.12. The second-order valence-electron chi connectivity index (χ2n) is 7.39. The number of halogens is 1. The molecule has 1 aliphatic rings. The predicted octanol–water partition coefficient (Wildman–Crippen LogP) is 2.73. The molecule has 0 amide bonds. The van der Waals surface area contributed by atoms with E-state index in [2.05, 4.69) is 4.72 Å². The summed E-state index contributed by atoms with van der Waals surface area (Å²) in [6.45, 7) is 5.01. The Kier molecular flexibility index (Phi) is 4.58. The summed E-state index contributed by atoms with van der Waals surface area (Å²) >= 11 is 0. The van der Waals surface area contributed by atoms with Gasteiger partial charge in [-0.3, -0.25) is 0 Å². The van der Waals surface area contributed by atoms with Gasteiger partial charge in [0.2, 0.25) is 10.0 Å². The van der Waals surface area contributed by atoms with Crippen molar-refractivity contribution in [2.24, 2.45) is 0 Å². The Hall–Kier alpha value is -1.96. The monoisotopic (exact) mass is 379 g/mol. The van der Waals surface area contributed by atoms with Gasteiger partial charge in [0.15, 0.2) is 0 Å². The molecule has 0 spiro atoms. The molecule has 0 radical (unpaired) electrons. The summed E-state index contributed by atoms with van der Waals surface area (Å²) in [4.78, 5) is 0.0514. The predicted molar refractivity (Wildman–Crippen MR) is 96.0 cm³/mol. The maximum Gasteiger partial charge on any atom is 0.244 e. The average molecular weight is 379 g/mol. The highest BCUT2D eigenvalue weighted by Crippen LogP contribution is 2.39. The molecule has 0 fully saturated rings. The number of sulfonamides is 1. The maximum atomic E-state index is 13.1. The number of hydrogen-bond donors (Lipinski definition) is 2. The topological polar surface area (TPSA) is 75.6 Å². The molecule has 0 bridgehead atoms. The number of fused-ring (bicyclic) bond motifs is 1. The molecule has 0 aliphatic carbocycles. The number of rotatable bonds is 5. The molecular formula is C19H22FNO4S. The summed E-state index contributed by atoms with van der Waals surface area (Å²) in [7, 11) is -3.89. The Morgan fingerprint density at radius 2 is 1.88 bits per heavy atom. The number of nitrogens with one attached hydrogen (secondary N) is 1. The van der Waals surface area contributed by atoms with Crippen molar-refractivity contribution in [1.82, 2.24) is 4.72 Å². The van der Waals surface area contributed by atoms with Crippen molar-refractivity contribution in [3.63, 3.8) is 0 Å². The van der Waals surface area contributed by atoms with Gasteiger partial charge >= 0.3 is 0 Å². The van der Waals surface area contributed by atoms with E-state index in [1.54, 1.807) is 6.07 Å². The van der Waals surface area contributed by atoms with Crippen molar-refractivity contribution in [3.8, 4) is 5.75 Å². The molecule has 2 N–H and O–H groups in total. The van der Waals surface area contributed by atoms with Crippen LogP contribution in [-0.2, 0) is 22.0 Å². The second kappa shape index (κ2) is 6.33. The highest BCUT2D eigenvalue weighted by Gasteiger charge is 2.35. The zero-order valence-electron chi connectivity index (χ0n) is 14.9. The van der Waals surface area contributed by atoms with Gasteiger partial charge < -0.3 is 9.84 Å². The van der Waals surface area contributed by atoms with Crippen LogP contribution in [0.4, 0.5) is 4.39 Å². The van der Waals surface area contributed by atoms with E-state index in [4.69, 9.17) is 4.74 Å². The van der Waals surface area contributed by atoms with Gasteiger partial charge in [-0.15, -0.1) is 0 Å². The Balaban J connectivity index is 1.83. The van der Waals surface area contributed by atoms with Crippen LogP contribution >= 0.6 is 0 Å². The molecule has 0 saturated carbocycles. The molecule has 1 aliphatic heterocycles. The highest BCUT2D eigenvalue weighted by molar-refractivity contribution is 7.89. The van der Waals surface area contributed by atoms with Gasteiger partial charge in [-0.2, -0.15) is 0 Å². The zero-order valence-corrected chi connectivity index (χ0v) is 15.7. The fourth-order valence-corrected chi connectivity index (χ4v) is 4.32. The van der Waals surface area contributed by atoms with Crippen LogP contribution in [0.5, 0.6) is 5.75 Å². The Morgan fingerprint density at radius 3 is 2.54 bits per heavy atom. The van der Waals surface area contributed by atoms with Crippen LogP contribution in [0.15, 0.2) is 47.4 Å². The summed E-state index contributed by atoms with van der Waals surface area (Å²) in [5.74, 6) is -0.0730. The van der Waals surface area contributed by atoms with Crippen molar-refractivity contribution >= 4 is 10.0 Å². The van der Waals surface area contributed by atoms with Crippen LogP contribution in [0.3, 0.4) is 0 Å². The summed E-state index contributed by atoms with van der Waals surface area (Å²) in [5, 5.41) is 10.6. The number of benzene rings is 2. The van der Waals surface area contributed by atoms with Crippen LogP contribution in [-0.4, -0.2) is 25.7 Å². The van der Waals surface area contributed by atoms with Crippen molar-refractivity contribution in [2.45, 2.75) is 43.3 Å². The molecular weight excluding hydrogens is 357 g/mol. The standard InChI is InChI=1S/C19H22FNO4S/c1-18(2)11-13-5-4-6-16(17(13)25-18)26(23,24)21-12-19(3,22)14-7-9-15(20)10-8-14/h4-10,21-22H,11-12H2,1-3H3. The maximum absolute atomic E-state index is 13.1. The van der Waals surface area contributed by atoms with E-state index in [-0.39, 0.29) is 11.4 Å². The van der Waals surface area contributed by atoms with E-state index >= 15 is 0 Å². The molecule has 26 heavy (non-hydrogen) atoms. The third-order valence-electron chi connectivity index (χ3n) is 4.42. The largest absolute Gasteiger partial charge is 0.486 e. The Bertz CT molecular complexity index is 921. The summed E-state index contributed by atoms with van der Waals surface area (Å²) < 4.78 is 46.9. The van der Waals surface area contributed by atoms with Crippen molar-refractivity contribution in [1.29, 1.82) is 0 Å². The normalized spacial score (nSPS) is 18.0. The number of ether oxygens (including phenoxy) is 1. The van der Waals surface area contributed by atoms with Gasteiger partial charge in [-0.05, 0) is 50.1 Å². The lowest BCUT2D eigenvalue weighted by molar-refractivity contribution is 0.0626. The molecule has 2 aromatic carbocycles. The molecule has 1 unspecified atom stereocenters. The third kappa shape index (κ3) is 3.75. The van der Waals surface area contributed by atoms with E-state index in [0.717, 1.165) is 5.56 Å². The highest BCUT2D eigenvalue weighted by atomic mass is 32.2. The lowest BCUT2D eigenvalue weighted by Gasteiger charge is -2.24. The Morgan fingerprint density at radius 1 is 1.23 bits per heavy atom. The van der Waals surface area contributed by atoms with E-state index in [0.29, 0.717) is 17.7 Å². The van der Waals surface area contributed by atoms with Crippen molar-refractivity contribution < 1.29 is 22.7 Å². The SMILES string of the molecule is CC1(C)Cc2cccc(S(=O)(=O)NCC(C)(O)c3ccc(F)cc3)c2O1. The summed E-state index contributed by atoms with van der Waals surface area (Å²) in [6.07, 6.45) is 0.624. The first-order valence-corrected chi connectivity index (χ1v) is 9.78. The number of hydrogen-bond acceptors (Lipinski definition) is 4. The minimum Gasteiger partial charge on any atom is -0.486 e. The molecule has 1 heterocycles. The molecule has 0 aromatic heterocycles. The van der Waals surface area contributed by atoms with E-state index in [9.17, 15) is 17.9 Å². The number of aliphatic hydroxyl groups is 1. The summed E-state index contributed by atoms with van der Waals surface area (Å²) in [6, 6.07) is 10.3. The molecule has 7 heteroatoms. The number of para-hydroxylation sites is 1. The molecule has 3 rings (SSSR count). The minimum absolute atomic E-state index is 0.0514. The average Bonchev–Trinajstić information content (AvgIpc) is 2.87. The minimum atomic E-state index is -3.89. The van der Waals surface area contributed by atoms with Gasteiger partial charge in [0, 0.05) is 13.0 Å². The van der Waals surface area contributed by atoms with Gasteiger partial charge in [0.05, 0.1) is 0 Å². The van der Waals surface area contributed by atoms with Crippen LogP contribution < -0.4 is 9.46 Å². The quantitative estimate of drug-likeness (QED) is 0.838. The first-order valence-electron chi connectivity index (χ1n) is 8.29. The van der Waals surface area contributed by atoms with E-state index in [1.807, 2.05) is 19.9 Å². The van der Waals surface area contributed by atoms with Crippen LogP contribution in [0, 0.1) is 5.82 Å².